The maximum absolute atomic E-state index is 13.7. The third-order valence-electron chi connectivity index (χ3n) is 13.3. The largest absolute Gasteiger partial charge is 0.483 e. The Morgan fingerprint density at radius 3 is 2.15 bits per heavy atom. The normalized spacial score (nSPS) is 18.9. The highest BCUT2D eigenvalue weighted by atomic mass is 35.5. The number of rotatable bonds is 27. The first-order valence-electron chi connectivity index (χ1n) is 26.1. The molecule has 2 unspecified atom stereocenters. The number of carbonyl (C=O) groups excluding carboxylic acids is 7. The molecule has 0 saturated carbocycles. The summed E-state index contributed by atoms with van der Waals surface area (Å²) >= 11 is 5.73. The van der Waals surface area contributed by atoms with Crippen LogP contribution < -0.4 is 24.9 Å². The van der Waals surface area contributed by atoms with E-state index in [1.54, 1.807) is 47.4 Å². The number of amides is 7. The molecule has 0 aliphatic carbocycles. The molecule has 422 valence electrons. The number of carbonyl (C=O) groups is 7. The summed E-state index contributed by atoms with van der Waals surface area (Å²) in [6.45, 7) is 5.33. The Kier molecular flexibility index (Phi) is 21.5. The maximum atomic E-state index is 13.7. The Balaban J connectivity index is 0.667. The average Bonchev–Trinajstić information content (AvgIpc) is 4.23. The molecule has 3 N–H and O–H groups in total. The van der Waals surface area contributed by atoms with Gasteiger partial charge in [-0.1, -0.05) is 48.0 Å². The minimum absolute atomic E-state index is 0.00223. The van der Waals surface area contributed by atoms with Crippen LogP contribution >= 0.6 is 11.6 Å². The molecular weight excluding hydrogens is 1060 g/mol. The van der Waals surface area contributed by atoms with Crippen molar-refractivity contribution in [2.75, 3.05) is 119 Å². The van der Waals surface area contributed by atoms with E-state index in [-0.39, 0.29) is 74.0 Å². The monoisotopic (exact) mass is 1130 g/mol. The molecule has 79 heavy (non-hydrogen) atoms. The fourth-order valence-corrected chi connectivity index (χ4v) is 10.7. The highest BCUT2D eigenvalue weighted by molar-refractivity contribution is 7.80. The lowest BCUT2D eigenvalue weighted by Gasteiger charge is -2.33. The van der Waals surface area contributed by atoms with Gasteiger partial charge in [0.15, 0.2) is 17.8 Å². The number of halogens is 1. The van der Waals surface area contributed by atoms with Gasteiger partial charge in [0.1, 0.15) is 23.6 Å². The van der Waals surface area contributed by atoms with Gasteiger partial charge in [-0.25, -0.2) is 4.31 Å². The molecule has 7 amide bonds. The Bertz CT molecular complexity index is 2850. The average molecular weight is 1130 g/mol. The molecule has 0 bridgehead atoms. The van der Waals surface area contributed by atoms with Crippen molar-refractivity contribution in [3.05, 3.63) is 124 Å². The molecule has 3 fully saturated rings. The van der Waals surface area contributed by atoms with Crippen molar-refractivity contribution < 1.29 is 66.2 Å². The molecule has 22 nitrogen and oxygen atoms in total. The van der Waals surface area contributed by atoms with Crippen molar-refractivity contribution in [2.24, 2.45) is 4.36 Å². The summed E-state index contributed by atoms with van der Waals surface area (Å²) in [4.78, 5) is 94.1. The molecule has 24 heteroatoms. The van der Waals surface area contributed by atoms with Gasteiger partial charge in [0.05, 0.1) is 93.4 Å². The Morgan fingerprint density at radius 1 is 0.785 bits per heavy atom. The number of imide groups is 2. The summed E-state index contributed by atoms with van der Waals surface area (Å²) in [5.74, 6) is -2.92. The lowest BCUT2D eigenvalue weighted by molar-refractivity contribution is -0.136. The fraction of sp³-hybridized carbons (Fsp3) is 0.436. The van der Waals surface area contributed by atoms with E-state index >= 15 is 0 Å². The molecule has 0 radical (unpaired) electrons. The second-order valence-electron chi connectivity index (χ2n) is 18.9. The van der Waals surface area contributed by atoms with Crippen molar-refractivity contribution in [3.63, 3.8) is 0 Å². The van der Waals surface area contributed by atoms with Crippen LogP contribution in [0.15, 0.2) is 95.4 Å². The summed E-state index contributed by atoms with van der Waals surface area (Å²) in [6.07, 6.45) is 0.752. The molecular formula is C55H65ClN8O14S. The van der Waals surface area contributed by atoms with E-state index in [0.717, 1.165) is 30.0 Å². The predicted octanol–water partition coefficient (Wildman–Crippen LogP) is 3.92. The standard InChI is InChI=1S/C55H65ClN8O14S/c1-61(2)40-19-22-63(34-40)79(60-39-13-16-42(44(56)33-39)53(69)62-23-26-76-47(35-62)37-7-4-3-5-8-37)78-41-14-11-38(12-15-41)51(67)58-21-25-73-28-30-75-32-31-74-29-27-72-24-20-57-49(66)36-77-46-10-6-9-43-50(46)55(71)64(54(43)70)45-17-18-48(65)59-52(45)68/h3-16,33,40,45,47H,17-32,34-36H2,1-2H3,(H,57,66)(H,58,67)(H,59,65,68)/t40-,45?,47+,79?/m0/s1. The molecule has 8 rings (SSSR count). The van der Waals surface area contributed by atoms with Crippen LogP contribution in [0.25, 0.3) is 0 Å². The van der Waals surface area contributed by atoms with Crippen molar-refractivity contribution in [2.45, 2.75) is 37.5 Å². The van der Waals surface area contributed by atoms with Gasteiger partial charge >= 0.3 is 0 Å². The Labute approximate surface area is 465 Å². The van der Waals surface area contributed by atoms with Gasteiger partial charge in [0.25, 0.3) is 29.5 Å². The predicted molar refractivity (Wildman–Crippen MR) is 290 cm³/mol. The molecule has 4 aliphatic rings. The van der Waals surface area contributed by atoms with Crippen molar-refractivity contribution in [1.29, 1.82) is 0 Å². The first kappa shape index (κ1) is 58.5. The Hall–Kier alpha value is -6.67. The van der Waals surface area contributed by atoms with Crippen LogP contribution in [0.5, 0.6) is 11.5 Å². The lowest BCUT2D eigenvalue weighted by Crippen LogP contribution is -2.54. The van der Waals surface area contributed by atoms with Gasteiger partial charge in [-0.05, 0) is 87.1 Å². The summed E-state index contributed by atoms with van der Waals surface area (Å²) in [7, 11) is 4.11. The summed E-state index contributed by atoms with van der Waals surface area (Å²) < 4.78 is 47.4. The summed E-state index contributed by atoms with van der Waals surface area (Å²) in [5, 5.41) is 7.98. The summed E-state index contributed by atoms with van der Waals surface area (Å²) in [6, 6.07) is 25.6. The number of nitrogens with zero attached hydrogens (tertiary/aromatic N) is 5. The van der Waals surface area contributed by atoms with Gasteiger partial charge in [-0.2, -0.15) is 4.36 Å². The Morgan fingerprint density at radius 2 is 1.48 bits per heavy atom. The van der Waals surface area contributed by atoms with E-state index in [1.165, 1.54) is 18.2 Å². The van der Waals surface area contributed by atoms with Gasteiger partial charge < -0.3 is 53.0 Å². The van der Waals surface area contributed by atoms with E-state index < -0.39 is 53.3 Å². The number of fused-ring (bicyclic) bond motifs is 1. The molecule has 3 saturated heterocycles. The van der Waals surface area contributed by atoms with Crippen LogP contribution in [-0.2, 0) is 49.2 Å². The zero-order chi connectivity index (χ0) is 55.7. The van der Waals surface area contributed by atoms with Gasteiger partial charge in [0.2, 0.25) is 11.8 Å². The molecule has 4 aliphatic heterocycles. The fourth-order valence-electron chi connectivity index (χ4n) is 9.01. The van der Waals surface area contributed by atoms with Crippen molar-refractivity contribution in [1.82, 2.24) is 35.0 Å². The van der Waals surface area contributed by atoms with Crippen LogP contribution in [0.4, 0.5) is 5.69 Å². The van der Waals surface area contributed by atoms with Crippen LogP contribution in [0.1, 0.15) is 72.4 Å². The number of hydrogen-bond donors (Lipinski definition) is 3. The number of likely N-dealkylation sites (N-methyl/N-ethyl adjacent to an activating group) is 1. The highest BCUT2D eigenvalue weighted by Crippen LogP contribution is 2.34. The molecule has 4 heterocycles. The number of morpholine rings is 1. The number of hydrogen-bond acceptors (Lipinski definition) is 16. The number of ether oxygens (including phenoxy) is 6. The van der Waals surface area contributed by atoms with Crippen LogP contribution in [0.3, 0.4) is 0 Å². The molecule has 0 aromatic heterocycles. The number of benzene rings is 4. The number of piperidine rings is 1. The van der Waals surface area contributed by atoms with Gasteiger partial charge in [0, 0.05) is 50.7 Å². The first-order valence-corrected chi connectivity index (χ1v) is 27.5. The van der Waals surface area contributed by atoms with E-state index in [2.05, 4.69) is 39.3 Å². The smallest absolute Gasteiger partial charge is 0.266 e. The van der Waals surface area contributed by atoms with Crippen LogP contribution in [0, 0.1) is 0 Å². The van der Waals surface area contributed by atoms with Gasteiger partial charge in [-0.15, -0.1) is 0 Å². The molecule has 4 aromatic rings. The third kappa shape index (κ3) is 16.0. The van der Waals surface area contributed by atoms with E-state index in [9.17, 15) is 33.6 Å². The zero-order valence-electron chi connectivity index (χ0n) is 44.1. The number of nitrogens with one attached hydrogen (secondary N) is 3. The minimum Gasteiger partial charge on any atom is -0.483 e. The van der Waals surface area contributed by atoms with E-state index in [1.807, 2.05) is 30.3 Å². The molecule has 0 spiro atoms. The second kappa shape index (κ2) is 29.0. The third-order valence-corrected chi connectivity index (χ3v) is 15.1. The SMILES string of the molecule is CN(C)[C@H]1CCN(S(=Nc2ccc(C(=O)N3CCO[C@@H](c4ccccc4)C3)c(Cl)c2)Oc2ccc(C(=O)NCCOCCOCCOCCOCCNC(=O)COc3cccc4c3C(=O)N(C3CCC(=O)NC3=O)C4=O)cc2)C1. The minimum atomic E-state index is -1.12. The van der Waals surface area contributed by atoms with Crippen LogP contribution in [0.2, 0.25) is 5.02 Å². The second-order valence-corrected chi connectivity index (χ2v) is 20.6. The molecule has 4 aromatic carbocycles. The lowest BCUT2D eigenvalue weighted by atomic mass is 10.0. The molecule has 4 atom stereocenters. The topological polar surface area (TPSA) is 246 Å². The zero-order valence-corrected chi connectivity index (χ0v) is 45.6. The van der Waals surface area contributed by atoms with E-state index in [0.29, 0.717) is 92.9 Å². The van der Waals surface area contributed by atoms with E-state index in [4.69, 9.17) is 48.6 Å². The van der Waals surface area contributed by atoms with Crippen molar-refractivity contribution >= 4 is 69.8 Å². The van der Waals surface area contributed by atoms with Gasteiger partial charge in [-0.3, -0.25) is 43.8 Å². The van der Waals surface area contributed by atoms with Crippen LogP contribution in [-0.4, -0.2) is 192 Å². The quantitative estimate of drug-likeness (QED) is 0.0566. The van der Waals surface area contributed by atoms with Crippen molar-refractivity contribution in [3.8, 4) is 11.5 Å². The summed E-state index contributed by atoms with van der Waals surface area (Å²) in [5.41, 5.74) is 2.46. The first-order chi connectivity index (χ1) is 38.3. The maximum Gasteiger partial charge on any atom is 0.266 e. The highest BCUT2D eigenvalue weighted by Gasteiger charge is 2.46.